The van der Waals surface area contributed by atoms with E-state index in [0.29, 0.717) is 45.7 Å². The number of carbonyl (C=O) groups is 2. The predicted molar refractivity (Wildman–Crippen MR) is 92.0 cm³/mol. The molecule has 142 valence electrons. The number of carbonyl (C=O) groups excluding carboxylic acids is 1. The molecule has 0 rings (SSSR count). The molecule has 0 saturated heterocycles. The van der Waals surface area contributed by atoms with Crippen molar-refractivity contribution in [1.82, 2.24) is 0 Å². The van der Waals surface area contributed by atoms with Crippen LogP contribution in [0.25, 0.3) is 0 Å². The topological polar surface area (TPSA) is 82.1 Å². The second-order valence-electron chi connectivity index (χ2n) is 5.87. The molecule has 0 saturated carbocycles. The van der Waals surface area contributed by atoms with Crippen LogP contribution in [0.2, 0.25) is 0 Å². The minimum atomic E-state index is -0.842. The Kier molecular flexibility index (Phi) is 15.9. The summed E-state index contributed by atoms with van der Waals surface area (Å²) in [7, 11) is 0. The molecule has 0 aromatic carbocycles. The SMILES string of the molecule is CCCCOCCOC(=O)C(CCCC(=O)O)CCOCCCC. The Hall–Kier alpha value is -1.14. The van der Waals surface area contributed by atoms with Crippen LogP contribution in [-0.4, -0.2) is 50.1 Å². The highest BCUT2D eigenvalue weighted by molar-refractivity contribution is 5.72. The molecule has 6 heteroatoms. The average Bonchev–Trinajstić information content (AvgIpc) is 2.55. The first kappa shape index (κ1) is 22.9. The van der Waals surface area contributed by atoms with Crippen molar-refractivity contribution in [3.05, 3.63) is 0 Å². The third kappa shape index (κ3) is 14.5. The average molecular weight is 346 g/mol. The summed E-state index contributed by atoms with van der Waals surface area (Å²) < 4.78 is 16.1. The first-order chi connectivity index (χ1) is 11.6. The zero-order valence-corrected chi connectivity index (χ0v) is 15.3. The number of rotatable bonds is 17. The molecule has 0 heterocycles. The van der Waals surface area contributed by atoms with Crippen LogP contribution >= 0.6 is 0 Å². The normalized spacial score (nSPS) is 12.1. The fourth-order valence-corrected chi connectivity index (χ4v) is 2.12. The molecule has 6 nitrogen and oxygen atoms in total. The van der Waals surface area contributed by atoms with Gasteiger partial charge in [0.05, 0.1) is 12.5 Å². The van der Waals surface area contributed by atoms with Gasteiger partial charge in [0, 0.05) is 26.2 Å². The molecule has 1 N–H and O–H groups in total. The third-order valence-corrected chi connectivity index (χ3v) is 3.64. The zero-order chi connectivity index (χ0) is 18.0. The summed E-state index contributed by atoms with van der Waals surface area (Å²) in [5.74, 6) is -1.43. The van der Waals surface area contributed by atoms with E-state index >= 15 is 0 Å². The van der Waals surface area contributed by atoms with E-state index in [2.05, 4.69) is 13.8 Å². The van der Waals surface area contributed by atoms with Crippen LogP contribution < -0.4 is 0 Å². The fourth-order valence-electron chi connectivity index (χ4n) is 2.12. The van der Waals surface area contributed by atoms with E-state index in [-0.39, 0.29) is 24.9 Å². The molecule has 0 aliphatic heterocycles. The number of unbranched alkanes of at least 4 members (excludes halogenated alkanes) is 2. The van der Waals surface area contributed by atoms with Gasteiger partial charge < -0.3 is 19.3 Å². The van der Waals surface area contributed by atoms with E-state index in [1.165, 1.54) is 0 Å². The molecular formula is C18H34O6. The van der Waals surface area contributed by atoms with Crippen molar-refractivity contribution < 1.29 is 28.9 Å². The summed E-state index contributed by atoms with van der Waals surface area (Å²) in [5.41, 5.74) is 0. The molecule has 0 fully saturated rings. The summed E-state index contributed by atoms with van der Waals surface area (Å²) in [6.07, 6.45) is 5.77. The van der Waals surface area contributed by atoms with Gasteiger partial charge in [-0.25, -0.2) is 0 Å². The van der Waals surface area contributed by atoms with Crippen molar-refractivity contribution in [2.75, 3.05) is 33.0 Å². The van der Waals surface area contributed by atoms with Gasteiger partial charge in [0.2, 0.25) is 0 Å². The van der Waals surface area contributed by atoms with Gasteiger partial charge in [-0.1, -0.05) is 26.7 Å². The molecule has 0 radical (unpaired) electrons. The van der Waals surface area contributed by atoms with Crippen LogP contribution in [0.15, 0.2) is 0 Å². The molecule has 0 aromatic rings. The highest BCUT2D eigenvalue weighted by Crippen LogP contribution is 2.15. The molecule has 24 heavy (non-hydrogen) atoms. The fraction of sp³-hybridized carbons (Fsp3) is 0.889. The highest BCUT2D eigenvalue weighted by atomic mass is 16.6. The van der Waals surface area contributed by atoms with E-state index in [0.717, 1.165) is 25.7 Å². The Morgan fingerprint density at radius 1 is 0.833 bits per heavy atom. The third-order valence-electron chi connectivity index (χ3n) is 3.64. The smallest absolute Gasteiger partial charge is 0.309 e. The van der Waals surface area contributed by atoms with Crippen molar-refractivity contribution in [3.63, 3.8) is 0 Å². The van der Waals surface area contributed by atoms with Crippen molar-refractivity contribution in [2.24, 2.45) is 5.92 Å². The van der Waals surface area contributed by atoms with Crippen molar-refractivity contribution in [1.29, 1.82) is 0 Å². The Bertz CT molecular complexity index is 319. The van der Waals surface area contributed by atoms with E-state index in [1.807, 2.05) is 0 Å². The summed E-state index contributed by atoms with van der Waals surface area (Å²) in [5, 5.41) is 8.72. The number of carboxylic acid groups (broad SMARTS) is 1. The largest absolute Gasteiger partial charge is 0.481 e. The Morgan fingerprint density at radius 2 is 1.46 bits per heavy atom. The van der Waals surface area contributed by atoms with Gasteiger partial charge in [0.25, 0.3) is 0 Å². The van der Waals surface area contributed by atoms with Crippen molar-refractivity contribution >= 4 is 11.9 Å². The number of hydrogen-bond donors (Lipinski definition) is 1. The van der Waals surface area contributed by atoms with Gasteiger partial charge in [0.1, 0.15) is 6.61 Å². The monoisotopic (exact) mass is 346 g/mol. The second kappa shape index (κ2) is 16.7. The molecule has 1 unspecified atom stereocenters. The highest BCUT2D eigenvalue weighted by Gasteiger charge is 2.20. The minimum absolute atomic E-state index is 0.0700. The first-order valence-electron chi connectivity index (χ1n) is 9.15. The number of hydrogen-bond acceptors (Lipinski definition) is 5. The predicted octanol–water partition coefficient (Wildman–Crippen LogP) is 3.42. The Balaban J connectivity index is 4.03. The molecule has 0 bridgehead atoms. The summed E-state index contributed by atoms with van der Waals surface area (Å²) >= 11 is 0. The maximum atomic E-state index is 12.1. The maximum Gasteiger partial charge on any atom is 0.309 e. The molecule has 0 aromatic heterocycles. The Morgan fingerprint density at radius 3 is 2.04 bits per heavy atom. The lowest BCUT2D eigenvalue weighted by Gasteiger charge is -2.16. The van der Waals surface area contributed by atoms with Crippen LogP contribution in [0.5, 0.6) is 0 Å². The molecule has 0 aliphatic rings. The standard InChI is InChI=1S/C18H34O6/c1-3-5-11-22-13-10-16(8-7-9-17(19)20)18(21)24-15-14-23-12-6-4-2/h16H,3-15H2,1-2H3,(H,19,20). The first-order valence-corrected chi connectivity index (χ1v) is 9.15. The molecule has 1 atom stereocenters. The van der Waals surface area contributed by atoms with Crippen LogP contribution in [0.3, 0.4) is 0 Å². The number of carboxylic acids is 1. The van der Waals surface area contributed by atoms with Gasteiger partial charge in [-0.15, -0.1) is 0 Å². The van der Waals surface area contributed by atoms with Gasteiger partial charge in [-0.3, -0.25) is 9.59 Å². The van der Waals surface area contributed by atoms with Crippen molar-refractivity contribution in [3.8, 4) is 0 Å². The maximum absolute atomic E-state index is 12.1. The van der Waals surface area contributed by atoms with E-state index < -0.39 is 5.97 Å². The van der Waals surface area contributed by atoms with Gasteiger partial charge in [-0.2, -0.15) is 0 Å². The van der Waals surface area contributed by atoms with Crippen LogP contribution in [0.4, 0.5) is 0 Å². The summed E-state index contributed by atoms with van der Waals surface area (Å²) in [6, 6.07) is 0. The van der Waals surface area contributed by atoms with Crippen LogP contribution in [0, 0.1) is 5.92 Å². The van der Waals surface area contributed by atoms with E-state index in [4.69, 9.17) is 19.3 Å². The quantitative estimate of drug-likeness (QED) is 0.321. The van der Waals surface area contributed by atoms with Crippen LogP contribution in [-0.2, 0) is 23.8 Å². The lowest BCUT2D eigenvalue weighted by atomic mass is 9.99. The van der Waals surface area contributed by atoms with Gasteiger partial charge in [0.15, 0.2) is 0 Å². The van der Waals surface area contributed by atoms with Gasteiger partial charge in [-0.05, 0) is 32.1 Å². The second-order valence-corrected chi connectivity index (χ2v) is 5.87. The van der Waals surface area contributed by atoms with Crippen molar-refractivity contribution in [2.45, 2.75) is 65.2 Å². The number of esters is 1. The molecule has 0 spiro atoms. The minimum Gasteiger partial charge on any atom is -0.481 e. The number of ether oxygens (including phenoxy) is 3. The van der Waals surface area contributed by atoms with E-state index in [9.17, 15) is 9.59 Å². The van der Waals surface area contributed by atoms with Crippen LogP contribution in [0.1, 0.15) is 65.2 Å². The number of aliphatic carboxylic acids is 1. The lowest BCUT2D eigenvalue weighted by Crippen LogP contribution is -2.22. The molecule has 0 aliphatic carbocycles. The summed E-state index contributed by atoms with van der Waals surface area (Å²) in [6.45, 7) is 6.71. The zero-order valence-electron chi connectivity index (χ0n) is 15.3. The Labute approximate surface area is 145 Å². The van der Waals surface area contributed by atoms with Gasteiger partial charge >= 0.3 is 11.9 Å². The lowest BCUT2D eigenvalue weighted by molar-refractivity contribution is -0.151. The van der Waals surface area contributed by atoms with E-state index in [1.54, 1.807) is 0 Å². The summed E-state index contributed by atoms with van der Waals surface area (Å²) in [4.78, 5) is 22.8. The molecular weight excluding hydrogens is 312 g/mol. The molecule has 0 amide bonds.